The summed E-state index contributed by atoms with van der Waals surface area (Å²) in [5.74, 6) is -0.0928. The topological polar surface area (TPSA) is 70.9 Å². The fraction of sp³-hybridized carbons (Fsp3) is 0.611. The van der Waals surface area contributed by atoms with E-state index in [2.05, 4.69) is 12.2 Å². The molecule has 0 aromatic heterocycles. The molecular formula is C18H27F3N3O3S+. The molecule has 0 aliphatic carbocycles. The lowest BCUT2D eigenvalue weighted by molar-refractivity contribution is -0.895. The van der Waals surface area contributed by atoms with Crippen molar-refractivity contribution in [3.8, 4) is 0 Å². The summed E-state index contributed by atoms with van der Waals surface area (Å²) in [6.07, 6.45) is -1.72. The molecule has 0 radical (unpaired) electrons. The van der Waals surface area contributed by atoms with Crippen LogP contribution in [-0.4, -0.2) is 57.9 Å². The van der Waals surface area contributed by atoms with E-state index in [1.54, 1.807) is 0 Å². The summed E-state index contributed by atoms with van der Waals surface area (Å²) in [6, 6.07) is 4.22. The lowest BCUT2D eigenvalue weighted by Gasteiger charge is -2.31. The molecular weight excluding hydrogens is 395 g/mol. The zero-order valence-corrected chi connectivity index (χ0v) is 16.7. The molecule has 0 saturated carbocycles. The molecule has 2 rings (SSSR count). The summed E-state index contributed by atoms with van der Waals surface area (Å²) < 4.78 is 66.0. The quantitative estimate of drug-likeness (QED) is 0.612. The van der Waals surface area contributed by atoms with Crippen molar-refractivity contribution in [1.82, 2.24) is 9.62 Å². The van der Waals surface area contributed by atoms with Gasteiger partial charge in [0.1, 0.15) is 0 Å². The van der Waals surface area contributed by atoms with Gasteiger partial charge in [-0.2, -0.15) is 17.5 Å². The van der Waals surface area contributed by atoms with Gasteiger partial charge < -0.3 is 10.2 Å². The van der Waals surface area contributed by atoms with Gasteiger partial charge in [-0.3, -0.25) is 4.79 Å². The Morgan fingerprint density at radius 1 is 1.18 bits per heavy atom. The summed E-state index contributed by atoms with van der Waals surface area (Å²) in [5, 5.41) is 2.84. The molecule has 158 valence electrons. The van der Waals surface area contributed by atoms with Crippen LogP contribution in [0.4, 0.5) is 13.2 Å². The number of halogens is 3. The molecule has 0 spiro atoms. The predicted octanol–water partition coefficient (Wildman–Crippen LogP) is 0.901. The Bertz CT molecular complexity index is 761. The largest absolute Gasteiger partial charge is 0.417 e. The number of rotatable bonds is 8. The van der Waals surface area contributed by atoms with Gasteiger partial charge in [0.25, 0.3) is 5.91 Å². The Morgan fingerprint density at radius 3 is 2.43 bits per heavy atom. The second-order valence-electron chi connectivity index (χ2n) is 6.88. The molecule has 1 aromatic rings. The molecule has 10 heteroatoms. The molecule has 0 bridgehead atoms. The van der Waals surface area contributed by atoms with Gasteiger partial charge in [0, 0.05) is 6.54 Å². The van der Waals surface area contributed by atoms with E-state index in [1.165, 1.54) is 12.1 Å². The Kier molecular flexibility index (Phi) is 7.85. The second-order valence-corrected chi connectivity index (χ2v) is 8.79. The van der Waals surface area contributed by atoms with Gasteiger partial charge in [-0.05, 0) is 18.6 Å². The fourth-order valence-electron chi connectivity index (χ4n) is 3.18. The van der Waals surface area contributed by atoms with Gasteiger partial charge in [-0.1, -0.05) is 31.9 Å². The molecule has 1 amide bonds. The molecule has 1 fully saturated rings. The van der Waals surface area contributed by atoms with E-state index in [4.69, 9.17) is 0 Å². The van der Waals surface area contributed by atoms with E-state index in [0.717, 1.165) is 40.6 Å². The summed E-state index contributed by atoms with van der Waals surface area (Å²) in [7, 11) is -4.25. The number of nitrogens with one attached hydrogen (secondary N) is 2. The number of carbonyl (C=O) groups is 1. The van der Waals surface area contributed by atoms with Crippen molar-refractivity contribution >= 4 is 15.9 Å². The van der Waals surface area contributed by atoms with Crippen molar-refractivity contribution in [2.75, 3.05) is 39.3 Å². The minimum atomic E-state index is -4.74. The minimum absolute atomic E-state index is 0.0764. The maximum atomic E-state index is 13.2. The number of quaternary nitrogens is 1. The number of alkyl halides is 3. The number of unbranched alkanes of at least 4 members (excludes halogenated alkanes) is 2. The Labute approximate surface area is 163 Å². The van der Waals surface area contributed by atoms with Crippen LogP contribution in [0.15, 0.2) is 29.2 Å². The molecule has 0 unspecified atom stereocenters. The van der Waals surface area contributed by atoms with Crippen LogP contribution < -0.4 is 10.2 Å². The number of benzene rings is 1. The van der Waals surface area contributed by atoms with Gasteiger partial charge in [0.15, 0.2) is 6.54 Å². The fourth-order valence-corrected chi connectivity index (χ4v) is 4.83. The van der Waals surface area contributed by atoms with E-state index >= 15 is 0 Å². The van der Waals surface area contributed by atoms with E-state index in [9.17, 15) is 26.4 Å². The molecule has 2 N–H and O–H groups in total. The molecule has 6 nitrogen and oxygen atoms in total. The van der Waals surface area contributed by atoms with Crippen LogP contribution >= 0.6 is 0 Å². The lowest BCUT2D eigenvalue weighted by atomic mass is 10.2. The smallest absolute Gasteiger partial charge is 0.351 e. The van der Waals surface area contributed by atoms with E-state index in [0.29, 0.717) is 19.6 Å². The second kappa shape index (κ2) is 9.71. The van der Waals surface area contributed by atoms with Crippen LogP contribution in [0.2, 0.25) is 0 Å². The van der Waals surface area contributed by atoms with Crippen molar-refractivity contribution in [2.24, 2.45) is 0 Å². The lowest BCUT2D eigenvalue weighted by Crippen LogP contribution is -3.15. The minimum Gasteiger partial charge on any atom is -0.351 e. The van der Waals surface area contributed by atoms with E-state index < -0.39 is 26.7 Å². The summed E-state index contributed by atoms with van der Waals surface area (Å²) in [4.78, 5) is 12.1. The van der Waals surface area contributed by atoms with Gasteiger partial charge >= 0.3 is 6.18 Å². The number of carbonyl (C=O) groups excluding carboxylic acids is 1. The third-order valence-electron chi connectivity index (χ3n) is 4.75. The van der Waals surface area contributed by atoms with Crippen molar-refractivity contribution in [1.29, 1.82) is 0 Å². The Balaban J connectivity index is 1.95. The van der Waals surface area contributed by atoms with Crippen molar-refractivity contribution in [3.63, 3.8) is 0 Å². The first-order valence-corrected chi connectivity index (χ1v) is 10.9. The zero-order chi connectivity index (χ0) is 20.8. The molecule has 1 aliphatic rings. The maximum Gasteiger partial charge on any atom is 0.417 e. The number of hydrogen-bond acceptors (Lipinski definition) is 3. The number of nitrogens with zero attached hydrogens (tertiary/aromatic N) is 1. The SMILES string of the molecule is CCCCCNC(=O)C[NH+]1CCN(S(=O)(=O)c2ccccc2C(F)(F)F)CC1. The first kappa shape index (κ1) is 22.6. The maximum absolute atomic E-state index is 13.2. The highest BCUT2D eigenvalue weighted by Gasteiger charge is 2.40. The summed E-state index contributed by atoms with van der Waals surface area (Å²) in [6.45, 7) is 3.83. The van der Waals surface area contributed by atoms with Crippen molar-refractivity contribution < 1.29 is 31.3 Å². The number of amides is 1. The zero-order valence-electron chi connectivity index (χ0n) is 15.9. The number of piperazine rings is 1. The Hall–Kier alpha value is -1.65. The van der Waals surface area contributed by atoms with Gasteiger partial charge in [-0.15, -0.1) is 0 Å². The predicted molar refractivity (Wildman–Crippen MR) is 98.3 cm³/mol. The molecule has 1 saturated heterocycles. The first-order chi connectivity index (χ1) is 13.2. The van der Waals surface area contributed by atoms with Gasteiger partial charge in [-0.25, -0.2) is 8.42 Å². The average Bonchev–Trinajstić information content (AvgIpc) is 2.65. The molecule has 1 aromatic carbocycles. The monoisotopic (exact) mass is 422 g/mol. The van der Waals surface area contributed by atoms with Crippen molar-refractivity contribution in [2.45, 2.75) is 37.3 Å². The van der Waals surface area contributed by atoms with Gasteiger partial charge in [0.2, 0.25) is 10.0 Å². The number of hydrogen-bond donors (Lipinski definition) is 2. The Morgan fingerprint density at radius 2 is 1.82 bits per heavy atom. The highest BCUT2D eigenvalue weighted by atomic mass is 32.2. The summed E-state index contributed by atoms with van der Waals surface area (Å²) in [5.41, 5.74) is -1.16. The van der Waals surface area contributed by atoms with Gasteiger partial charge in [0.05, 0.1) is 36.6 Å². The molecule has 28 heavy (non-hydrogen) atoms. The van der Waals surface area contributed by atoms with Crippen LogP contribution in [-0.2, 0) is 21.0 Å². The average molecular weight is 422 g/mol. The third-order valence-corrected chi connectivity index (χ3v) is 6.71. The number of sulfonamides is 1. The van der Waals surface area contributed by atoms with Crippen LogP contribution in [0.25, 0.3) is 0 Å². The molecule has 0 atom stereocenters. The van der Waals surface area contributed by atoms with E-state index in [1.807, 2.05) is 0 Å². The first-order valence-electron chi connectivity index (χ1n) is 9.43. The normalized spacial score (nSPS) is 16.9. The van der Waals surface area contributed by atoms with Crippen LogP contribution in [0.5, 0.6) is 0 Å². The standard InChI is InChI=1S/C18H26F3N3O3S/c1-2-3-6-9-22-17(25)14-23-10-12-24(13-11-23)28(26,27)16-8-5-4-7-15(16)18(19,20)21/h4-5,7-8H,2-3,6,9-14H2,1H3,(H,22,25)/p+1. The highest BCUT2D eigenvalue weighted by molar-refractivity contribution is 7.89. The third kappa shape index (κ3) is 5.92. The highest BCUT2D eigenvalue weighted by Crippen LogP contribution is 2.35. The van der Waals surface area contributed by atoms with Crippen LogP contribution in [0.3, 0.4) is 0 Å². The summed E-state index contributed by atoms with van der Waals surface area (Å²) >= 11 is 0. The van der Waals surface area contributed by atoms with E-state index in [-0.39, 0.29) is 25.5 Å². The van der Waals surface area contributed by atoms with Crippen LogP contribution in [0, 0.1) is 0 Å². The molecule has 1 aliphatic heterocycles. The van der Waals surface area contributed by atoms with Crippen LogP contribution in [0.1, 0.15) is 31.7 Å². The molecule has 1 heterocycles. The van der Waals surface area contributed by atoms with Crippen molar-refractivity contribution in [3.05, 3.63) is 29.8 Å².